The van der Waals surface area contributed by atoms with Crippen molar-refractivity contribution in [2.24, 2.45) is 5.73 Å². The fourth-order valence-electron chi connectivity index (χ4n) is 2.71. The number of hydrogen-bond donors (Lipinski definition) is 2. The molecule has 0 aliphatic heterocycles. The lowest BCUT2D eigenvalue weighted by Gasteiger charge is -2.08. The number of benzene rings is 2. The van der Waals surface area contributed by atoms with Gasteiger partial charge in [0.25, 0.3) is 10.1 Å². The maximum atomic E-state index is 11.5. The molecule has 0 aliphatic carbocycles. The van der Waals surface area contributed by atoms with E-state index in [0.717, 1.165) is 22.6 Å². The minimum absolute atomic E-state index is 0.0101. The van der Waals surface area contributed by atoms with Crippen LogP contribution >= 0.6 is 0 Å². The van der Waals surface area contributed by atoms with Gasteiger partial charge in [-0.1, -0.05) is 50.3 Å². The lowest BCUT2D eigenvalue weighted by molar-refractivity contribution is 0.0279. The molecule has 0 heterocycles. The Hall–Kier alpha value is -2.43. The van der Waals surface area contributed by atoms with Crippen molar-refractivity contribution in [3.05, 3.63) is 59.7 Å². The van der Waals surface area contributed by atoms with Crippen molar-refractivity contribution < 1.29 is 26.8 Å². The van der Waals surface area contributed by atoms with Crippen molar-refractivity contribution in [1.82, 2.24) is 0 Å². The van der Waals surface area contributed by atoms with Gasteiger partial charge in [0.05, 0.1) is 38.8 Å². The van der Waals surface area contributed by atoms with Crippen molar-refractivity contribution >= 4 is 28.0 Å². The van der Waals surface area contributed by atoms with Gasteiger partial charge in [-0.05, 0) is 48.4 Å². The molecule has 0 unspecified atom stereocenters. The standard InChI is InChI=1S/C24H34N2O6S.C2H6/c1-26-23-9-5-21(6-10-23)3-4-22-7-11-24(12-8-22)31-18-16-29-14-15-30-17-19-32-33(27,28)20-2-13-25;1-2/h3-12,26H,2,13-20,25H2,1H3;1-2H3/b4-3+;. The number of hydrogen-bond acceptors (Lipinski definition) is 8. The first-order chi connectivity index (χ1) is 17.0. The molecule has 0 aliphatic rings. The average Bonchev–Trinajstić information content (AvgIpc) is 2.89. The van der Waals surface area contributed by atoms with Crippen LogP contribution in [0, 0.1) is 0 Å². The minimum Gasteiger partial charge on any atom is -0.491 e. The molecule has 9 heteroatoms. The Morgan fingerprint density at radius 1 is 0.800 bits per heavy atom. The summed E-state index contributed by atoms with van der Waals surface area (Å²) in [5.41, 5.74) is 8.59. The summed E-state index contributed by atoms with van der Waals surface area (Å²) in [6.45, 7) is 6.09. The maximum absolute atomic E-state index is 11.5. The third-order valence-electron chi connectivity index (χ3n) is 4.51. The summed E-state index contributed by atoms with van der Waals surface area (Å²) in [7, 11) is -1.61. The Bertz CT molecular complexity index is 916. The molecule has 0 aromatic heterocycles. The summed E-state index contributed by atoms with van der Waals surface area (Å²) in [4.78, 5) is 0. The van der Waals surface area contributed by atoms with Gasteiger partial charge in [-0.3, -0.25) is 4.18 Å². The number of nitrogens with one attached hydrogen (secondary N) is 1. The highest BCUT2D eigenvalue weighted by molar-refractivity contribution is 7.86. The Labute approximate surface area is 210 Å². The van der Waals surface area contributed by atoms with Crippen LogP contribution in [0.3, 0.4) is 0 Å². The van der Waals surface area contributed by atoms with E-state index in [1.54, 1.807) is 0 Å². The van der Waals surface area contributed by atoms with Crippen molar-refractivity contribution in [3.8, 4) is 5.75 Å². The quantitative estimate of drug-likeness (QED) is 0.187. The fraction of sp³-hybridized carbons (Fsp3) is 0.462. The van der Waals surface area contributed by atoms with Gasteiger partial charge in [-0.25, -0.2) is 0 Å². The third-order valence-corrected chi connectivity index (χ3v) is 5.82. The van der Waals surface area contributed by atoms with E-state index in [-0.39, 0.29) is 19.0 Å². The van der Waals surface area contributed by atoms with Crippen LogP contribution in [0.2, 0.25) is 0 Å². The van der Waals surface area contributed by atoms with E-state index < -0.39 is 10.1 Å². The van der Waals surface area contributed by atoms with E-state index in [2.05, 4.69) is 29.6 Å². The molecule has 0 bridgehead atoms. The molecule has 0 amide bonds. The Balaban J connectivity index is 0.00000298. The van der Waals surface area contributed by atoms with Crippen molar-refractivity contribution in [1.29, 1.82) is 0 Å². The number of anilines is 1. The SMILES string of the molecule is CC.CNc1ccc(/C=C/c2ccc(OCCOCCOCCOS(=O)(=O)CCCN)cc2)cc1. The average molecular weight is 509 g/mol. The van der Waals surface area contributed by atoms with E-state index in [9.17, 15) is 8.42 Å². The fourth-order valence-corrected chi connectivity index (χ4v) is 3.67. The highest BCUT2D eigenvalue weighted by atomic mass is 32.2. The topological polar surface area (TPSA) is 109 Å². The summed E-state index contributed by atoms with van der Waals surface area (Å²) in [6.07, 6.45) is 4.51. The van der Waals surface area contributed by atoms with Crippen LogP contribution in [0.5, 0.6) is 5.75 Å². The van der Waals surface area contributed by atoms with E-state index in [4.69, 9.17) is 24.1 Å². The van der Waals surface area contributed by atoms with Crippen LogP contribution in [0.25, 0.3) is 12.2 Å². The van der Waals surface area contributed by atoms with E-state index in [1.165, 1.54) is 0 Å². The molecule has 8 nitrogen and oxygen atoms in total. The number of nitrogens with two attached hydrogens (primary N) is 1. The van der Waals surface area contributed by atoms with Gasteiger partial charge in [0, 0.05) is 12.7 Å². The van der Waals surface area contributed by atoms with Gasteiger partial charge in [-0.2, -0.15) is 8.42 Å². The first-order valence-electron chi connectivity index (χ1n) is 11.9. The molecule has 3 N–H and O–H groups in total. The lowest BCUT2D eigenvalue weighted by Crippen LogP contribution is -2.17. The van der Waals surface area contributed by atoms with Crippen molar-refractivity contribution in [2.75, 3.05) is 64.3 Å². The highest BCUT2D eigenvalue weighted by Crippen LogP contribution is 2.15. The summed E-state index contributed by atoms with van der Waals surface area (Å²) in [5.74, 6) is 0.704. The molecule has 196 valence electrons. The normalized spacial score (nSPS) is 11.2. The first-order valence-corrected chi connectivity index (χ1v) is 13.5. The predicted molar refractivity (Wildman–Crippen MR) is 143 cm³/mol. The minimum atomic E-state index is -3.51. The van der Waals surface area contributed by atoms with E-state index in [1.807, 2.05) is 57.3 Å². The van der Waals surface area contributed by atoms with Crippen molar-refractivity contribution in [3.63, 3.8) is 0 Å². The predicted octanol–water partition coefficient (Wildman–Crippen LogP) is 4.03. The van der Waals surface area contributed by atoms with Crippen LogP contribution < -0.4 is 15.8 Å². The zero-order chi connectivity index (χ0) is 25.8. The van der Waals surface area contributed by atoms with Gasteiger partial charge < -0.3 is 25.3 Å². The van der Waals surface area contributed by atoms with Crippen LogP contribution in [0.4, 0.5) is 5.69 Å². The van der Waals surface area contributed by atoms with Crippen LogP contribution in [0.1, 0.15) is 31.4 Å². The Morgan fingerprint density at radius 3 is 1.86 bits per heavy atom. The van der Waals surface area contributed by atoms with Gasteiger partial charge >= 0.3 is 0 Å². The number of rotatable bonds is 17. The molecule has 2 rings (SSSR count). The molecule has 35 heavy (non-hydrogen) atoms. The van der Waals surface area contributed by atoms with E-state index in [0.29, 0.717) is 39.4 Å². The zero-order valence-corrected chi connectivity index (χ0v) is 21.9. The van der Waals surface area contributed by atoms with Crippen LogP contribution in [-0.4, -0.2) is 67.4 Å². The molecule has 0 atom stereocenters. The Morgan fingerprint density at radius 2 is 1.31 bits per heavy atom. The van der Waals surface area contributed by atoms with Crippen LogP contribution in [-0.2, 0) is 23.8 Å². The molecule has 2 aromatic rings. The lowest BCUT2D eigenvalue weighted by atomic mass is 10.1. The molecule has 2 aromatic carbocycles. The zero-order valence-electron chi connectivity index (χ0n) is 21.1. The first kappa shape index (κ1) is 30.6. The largest absolute Gasteiger partial charge is 0.491 e. The second-order valence-electron chi connectivity index (χ2n) is 7.07. The third kappa shape index (κ3) is 14.5. The van der Waals surface area contributed by atoms with Gasteiger partial charge in [-0.15, -0.1) is 0 Å². The highest BCUT2D eigenvalue weighted by Gasteiger charge is 2.09. The van der Waals surface area contributed by atoms with Crippen molar-refractivity contribution in [2.45, 2.75) is 20.3 Å². The second-order valence-corrected chi connectivity index (χ2v) is 8.83. The summed E-state index contributed by atoms with van der Waals surface area (Å²) >= 11 is 0. The summed E-state index contributed by atoms with van der Waals surface area (Å²) < 4.78 is 44.1. The summed E-state index contributed by atoms with van der Waals surface area (Å²) in [6, 6.07) is 16.1. The molecular formula is C26H40N2O6S. The van der Waals surface area contributed by atoms with E-state index >= 15 is 0 Å². The molecule has 0 saturated heterocycles. The van der Waals surface area contributed by atoms with Gasteiger partial charge in [0.2, 0.25) is 0 Å². The molecule has 0 radical (unpaired) electrons. The molecule has 0 fully saturated rings. The van der Waals surface area contributed by atoms with Gasteiger partial charge in [0.1, 0.15) is 12.4 Å². The molecule has 0 spiro atoms. The maximum Gasteiger partial charge on any atom is 0.267 e. The number of ether oxygens (including phenoxy) is 3. The molecular weight excluding hydrogens is 468 g/mol. The van der Waals surface area contributed by atoms with Gasteiger partial charge in [0.15, 0.2) is 0 Å². The Kier molecular flexibility index (Phi) is 16.5. The summed E-state index contributed by atoms with van der Waals surface area (Å²) in [5, 5.41) is 3.10. The van der Waals surface area contributed by atoms with Crippen LogP contribution in [0.15, 0.2) is 48.5 Å². The monoisotopic (exact) mass is 508 g/mol. The smallest absolute Gasteiger partial charge is 0.267 e. The molecule has 0 saturated carbocycles. The second kappa shape index (κ2) is 18.8.